The molecule has 0 aromatic carbocycles. The van der Waals surface area contributed by atoms with Crippen LogP contribution in [-0.4, -0.2) is 45.4 Å². The van der Waals surface area contributed by atoms with E-state index < -0.39 is 0 Å². The van der Waals surface area contributed by atoms with Crippen LogP contribution in [0.1, 0.15) is 56.7 Å². The van der Waals surface area contributed by atoms with E-state index >= 15 is 0 Å². The molecule has 0 saturated carbocycles. The monoisotopic (exact) mass is 265 g/mol. The molecule has 0 amide bonds. The van der Waals surface area contributed by atoms with Crippen LogP contribution >= 0.6 is 0 Å². The highest BCUT2D eigenvalue weighted by atomic mass is 16.5. The van der Waals surface area contributed by atoms with Gasteiger partial charge in [0, 0.05) is 18.0 Å². The highest BCUT2D eigenvalue weighted by Gasteiger charge is 2.40. The number of fused-ring (bicyclic) bond motifs is 2. The number of hydrogen-bond acceptors (Lipinski definition) is 5. The van der Waals surface area contributed by atoms with Gasteiger partial charge < -0.3 is 14.5 Å². The first kappa shape index (κ1) is 13.1. The highest BCUT2D eigenvalue weighted by Crippen LogP contribution is 2.41. The molecule has 2 bridgehead atoms. The van der Waals surface area contributed by atoms with Crippen LogP contribution in [0.5, 0.6) is 0 Å². The van der Waals surface area contributed by atoms with Crippen LogP contribution in [-0.2, 0) is 6.42 Å². The van der Waals surface area contributed by atoms with E-state index in [0.717, 1.165) is 25.1 Å². The van der Waals surface area contributed by atoms with Crippen molar-refractivity contribution in [3.8, 4) is 0 Å². The lowest BCUT2D eigenvalue weighted by molar-refractivity contribution is 0.156. The van der Waals surface area contributed by atoms with Crippen molar-refractivity contribution in [2.75, 3.05) is 7.05 Å². The van der Waals surface area contributed by atoms with Crippen molar-refractivity contribution in [2.24, 2.45) is 0 Å². The van der Waals surface area contributed by atoms with Crippen LogP contribution in [0.3, 0.4) is 0 Å². The Morgan fingerprint density at radius 1 is 1.37 bits per heavy atom. The fourth-order valence-corrected chi connectivity index (χ4v) is 3.48. The number of aliphatic hydroxyl groups excluding tert-OH is 1. The van der Waals surface area contributed by atoms with Crippen molar-refractivity contribution in [2.45, 2.75) is 69.6 Å². The molecule has 1 aromatic rings. The predicted octanol–water partition coefficient (Wildman–Crippen LogP) is 1.72. The van der Waals surface area contributed by atoms with Gasteiger partial charge in [-0.3, -0.25) is 0 Å². The third-order valence-corrected chi connectivity index (χ3v) is 4.83. The minimum atomic E-state index is -0.373. The van der Waals surface area contributed by atoms with E-state index in [-0.39, 0.29) is 6.10 Å². The number of aliphatic hydroxyl groups is 1. The fourth-order valence-electron chi connectivity index (χ4n) is 3.48. The van der Waals surface area contributed by atoms with E-state index in [9.17, 15) is 5.11 Å². The largest absolute Gasteiger partial charge is 0.393 e. The maximum absolute atomic E-state index is 9.63. The topological polar surface area (TPSA) is 62.4 Å². The Kier molecular flexibility index (Phi) is 3.58. The number of hydrogen-bond donors (Lipinski definition) is 1. The molecule has 19 heavy (non-hydrogen) atoms. The van der Waals surface area contributed by atoms with Crippen LogP contribution in [0.15, 0.2) is 4.52 Å². The van der Waals surface area contributed by atoms with Gasteiger partial charge in [-0.1, -0.05) is 12.1 Å². The van der Waals surface area contributed by atoms with Crippen LogP contribution in [0.4, 0.5) is 0 Å². The third kappa shape index (κ3) is 2.54. The minimum absolute atomic E-state index is 0.373. The summed E-state index contributed by atoms with van der Waals surface area (Å²) in [5.74, 6) is 1.86. The molecule has 1 N–H and O–H groups in total. The summed E-state index contributed by atoms with van der Waals surface area (Å²) < 4.78 is 5.27. The normalized spacial score (nSPS) is 32.7. The molecule has 5 nitrogen and oxygen atoms in total. The third-order valence-electron chi connectivity index (χ3n) is 4.83. The second-order valence-corrected chi connectivity index (χ2v) is 6.03. The quantitative estimate of drug-likeness (QED) is 0.898. The van der Waals surface area contributed by atoms with Gasteiger partial charge in [0.1, 0.15) is 0 Å². The standard InChI is InChI=1S/C14H23N3O2/c1-3-12(18)8-13-15-14(16-19-13)9-6-10-4-5-11(7-9)17(10)2/h9-12,18H,3-8H2,1-2H3. The molecule has 3 atom stereocenters. The zero-order valence-corrected chi connectivity index (χ0v) is 11.7. The van der Waals surface area contributed by atoms with E-state index in [2.05, 4.69) is 22.1 Å². The zero-order chi connectivity index (χ0) is 13.4. The van der Waals surface area contributed by atoms with E-state index in [1.54, 1.807) is 0 Å². The van der Waals surface area contributed by atoms with Crippen LogP contribution in [0.25, 0.3) is 0 Å². The minimum Gasteiger partial charge on any atom is -0.393 e. The lowest BCUT2D eigenvalue weighted by atomic mass is 9.90. The number of rotatable bonds is 4. The molecular formula is C14H23N3O2. The summed E-state index contributed by atoms with van der Waals surface area (Å²) in [6.07, 6.45) is 5.71. The molecule has 0 aliphatic carbocycles. The number of aromatic nitrogens is 2. The maximum atomic E-state index is 9.63. The Morgan fingerprint density at radius 2 is 2.05 bits per heavy atom. The summed E-state index contributed by atoms with van der Waals surface area (Å²) in [6.45, 7) is 1.95. The first-order valence-electron chi connectivity index (χ1n) is 7.39. The Labute approximate surface area is 114 Å². The molecule has 2 aliphatic rings. The molecule has 5 heteroatoms. The van der Waals surface area contributed by atoms with Gasteiger partial charge in [0.25, 0.3) is 0 Å². The van der Waals surface area contributed by atoms with Gasteiger partial charge in [-0.25, -0.2) is 0 Å². The van der Waals surface area contributed by atoms with Gasteiger partial charge in [-0.2, -0.15) is 4.98 Å². The Bertz CT molecular complexity index is 420. The summed E-state index contributed by atoms with van der Waals surface area (Å²) in [7, 11) is 2.23. The molecule has 1 aromatic heterocycles. The Hall–Kier alpha value is -0.940. The summed E-state index contributed by atoms with van der Waals surface area (Å²) in [5, 5.41) is 13.8. The lowest BCUT2D eigenvalue weighted by Crippen LogP contribution is -2.39. The molecule has 3 rings (SSSR count). The van der Waals surface area contributed by atoms with Crippen molar-refractivity contribution >= 4 is 0 Å². The number of piperidine rings is 1. The molecule has 106 valence electrons. The zero-order valence-electron chi connectivity index (χ0n) is 11.7. The van der Waals surface area contributed by atoms with Gasteiger partial charge in [0.2, 0.25) is 5.89 Å². The average Bonchev–Trinajstić information content (AvgIpc) is 2.92. The van der Waals surface area contributed by atoms with Gasteiger partial charge in [0.05, 0.1) is 12.5 Å². The Balaban J connectivity index is 1.67. The van der Waals surface area contributed by atoms with Crippen LogP contribution in [0, 0.1) is 0 Å². The van der Waals surface area contributed by atoms with Gasteiger partial charge >= 0.3 is 0 Å². The molecule has 3 unspecified atom stereocenters. The molecule has 2 aliphatic heterocycles. The van der Waals surface area contributed by atoms with Gasteiger partial charge in [-0.15, -0.1) is 0 Å². The summed E-state index contributed by atoms with van der Waals surface area (Å²) >= 11 is 0. The Morgan fingerprint density at radius 3 is 2.68 bits per heavy atom. The second-order valence-electron chi connectivity index (χ2n) is 6.03. The first-order valence-corrected chi connectivity index (χ1v) is 7.39. The fraction of sp³-hybridized carbons (Fsp3) is 0.857. The predicted molar refractivity (Wildman–Crippen MR) is 70.8 cm³/mol. The first-order chi connectivity index (χ1) is 9.17. The van der Waals surface area contributed by atoms with Crippen molar-refractivity contribution in [1.82, 2.24) is 15.0 Å². The average molecular weight is 265 g/mol. The van der Waals surface area contributed by atoms with Gasteiger partial charge in [0.15, 0.2) is 5.82 Å². The molecule has 3 heterocycles. The lowest BCUT2D eigenvalue weighted by Gasteiger charge is -2.34. The van der Waals surface area contributed by atoms with Crippen molar-refractivity contribution in [3.05, 3.63) is 11.7 Å². The van der Waals surface area contributed by atoms with Crippen molar-refractivity contribution < 1.29 is 9.63 Å². The molecule has 2 saturated heterocycles. The van der Waals surface area contributed by atoms with E-state index in [1.165, 1.54) is 12.8 Å². The summed E-state index contributed by atoms with van der Waals surface area (Å²) in [5.41, 5.74) is 0. The van der Waals surface area contributed by atoms with E-state index in [1.807, 2.05) is 6.92 Å². The van der Waals surface area contributed by atoms with E-state index in [0.29, 0.717) is 30.3 Å². The van der Waals surface area contributed by atoms with Crippen molar-refractivity contribution in [1.29, 1.82) is 0 Å². The van der Waals surface area contributed by atoms with E-state index in [4.69, 9.17) is 4.52 Å². The van der Waals surface area contributed by atoms with Crippen LogP contribution < -0.4 is 0 Å². The smallest absolute Gasteiger partial charge is 0.229 e. The number of nitrogens with zero attached hydrogens (tertiary/aromatic N) is 3. The summed E-state index contributed by atoms with van der Waals surface area (Å²) in [6, 6.07) is 1.37. The molecule has 2 fully saturated rings. The molecular weight excluding hydrogens is 242 g/mol. The SMILES string of the molecule is CCC(O)Cc1nc(C2CC3CCC(C2)N3C)no1. The highest BCUT2D eigenvalue weighted by molar-refractivity contribution is 5.05. The second kappa shape index (κ2) is 5.21. The molecule has 0 radical (unpaired) electrons. The maximum Gasteiger partial charge on any atom is 0.229 e. The van der Waals surface area contributed by atoms with Gasteiger partial charge in [-0.05, 0) is 39.2 Å². The van der Waals surface area contributed by atoms with Crippen LogP contribution in [0.2, 0.25) is 0 Å². The molecule has 0 spiro atoms. The van der Waals surface area contributed by atoms with Crippen molar-refractivity contribution in [3.63, 3.8) is 0 Å². The summed E-state index contributed by atoms with van der Waals surface area (Å²) in [4.78, 5) is 7.00.